The average molecular weight is 461 g/mol. The first kappa shape index (κ1) is 16.8. The number of hydrogen-bond donors (Lipinski definition) is 0. The van der Waals surface area contributed by atoms with Gasteiger partial charge in [-0.05, 0) is 33.6 Å². The molecule has 0 spiro atoms. The Morgan fingerprint density at radius 1 is 1.19 bits per heavy atom. The highest BCUT2D eigenvalue weighted by atomic mass is 79.9. The van der Waals surface area contributed by atoms with Gasteiger partial charge in [-0.15, -0.1) is 5.10 Å². The summed E-state index contributed by atoms with van der Waals surface area (Å²) in [6.45, 7) is 0.451. The molecule has 27 heavy (non-hydrogen) atoms. The summed E-state index contributed by atoms with van der Waals surface area (Å²) in [5.74, 6) is 1.33. The van der Waals surface area contributed by atoms with Gasteiger partial charge in [0.1, 0.15) is 23.6 Å². The summed E-state index contributed by atoms with van der Waals surface area (Å²) in [6.07, 6.45) is 1.75. The Kier molecular flexibility index (Phi) is 4.15. The second-order valence-corrected chi connectivity index (χ2v) is 8.56. The molecule has 5 nitrogen and oxygen atoms in total. The van der Waals surface area contributed by atoms with E-state index >= 15 is 0 Å². The number of imidazole rings is 1. The smallest absolute Gasteiger partial charge is 0.213 e. The normalized spacial score (nSPS) is 11.5. The SMILES string of the molecule is Clc1cc(OCc2ccccc2)c2cc(-c3cnc4sc(Br)nn34)oc2c1. The van der Waals surface area contributed by atoms with Crippen molar-refractivity contribution >= 4 is 54.8 Å². The molecule has 8 heteroatoms. The Hall–Kier alpha value is -2.35. The first-order chi connectivity index (χ1) is 13.2. The molecule has 0 bridgehead atoms. The number of rotatable bonds is 4. The van der Waals surface area contributed by atoms with Crippen molar-refractivity contribution in [3.63, 3.8) is 0 Å². The summed E-state index contributed by atoms with van der Waals surface area (Å²) in [5, 5.41) is 5.82. The van der Waals surface area contributed by atoms with Gasteiger partial charge in [-0.25, -0.2) is 4.98 Å². The molecule has 0 radical (unpaired) electrons. The zero-order valence-electron chi connectivity index (χ0n) is 13.7. The standard InChI is InChI=1S/C19H11BrClN3O2S/c20-18-23-24-14(9-22-19(24)27-18)17-8-13-15(6-12(21)7-16(13)26-17)25-10-11-4-2-1-3-5-11/h1-9H,10H2. The van der Waals surface area contributed by atoms with Crippen LogP contribution in [0.15, 0.2) is 63.1 Å². The van der Waals surface area contributed by atoms with Crippen LogP contribution in [0.3, 0.4) is 0 Å². The number of benzene rings is 2. The van der Waals surface area contributed by atoms with Crippen molar-refractivity contribution in [2.75, 3.05) is 0 Å². The Labute approximate surface area is 171 Å². The van der Waals surface area contributed by atoms with Crippen molar-refractivity contribution in [1.29, 1.82) is 0 Å². The molecule has 0 N–H and O–H groups in total. The van der Waals surface area contributed by atoms with Crippen molar-refractivity contribution in [3.8, 4) is 17.2 Å². The van der Waals surface area contributed by atoms with Gasteiger partial charge in [0.05, 0.1) is 11.6 Å². The molecule has 0 aliphatic rings. The molecular weight excluding hydrogens is 450 g/mol. The second-order valence-electron chi connectivity index (χ2n) is 5.89. The summed E-state index contributed by atoms with van der Waals surface area (Å²) >= 11 is 11.1. The zero-order valence-corrected chi connectivity index (χ0v) is 16.9. The highest BCUT2D eigenvalue weighted by Gasteiger charge is 2.17. The Balaban J connectivity index is 1.56. The molecule has 0 unspecified atom stereocenters. The first-order valence-corrected chi connectivity index (χ1v) is 10.1. The maximum absolute atomic E-state index is 6.26. The lowest BCUT2D eigenvalue weighted by molar-refractivity contribution is 0.310. The van der Waals surface area contributed by atoms with E-state index in [-0.39, 0.29) is 0 Å². The summed E-state index contributed by atoms with van der Waals surface area (Å²) in [5.41, 5.74) is 2.51. The van der Waals surface area contributed by atoms with Crippen LogP contribution < -0.4 is 4.74 Å². The molecule has 0 aliphatic carbocycles. The van der Waals surface area contributed by atoms with Crippen molar-refractivity contribution < 1.29 is 9.15 Å². The van der Waals surface area contributed by atoms with Crippen LogP contribution in [0.4, 0.5) is 0 Å². The van der Waals surface area contributed by atoms with Crippen LogP contribution in [0.2, 0.25) is 5.02 Å². The number of halogens is 2. The Bertz CT molecular complexity index is 1260. The third-order valence-corrected chi connectivity index (χ3v) is 5.69. The quantitative estimate of drug-likeness (QED) is 0.320. The largest absolute Gasteiger partial charge is 0.488 e. The average Bonchev–Trinajstić information content (AvgIpc) is 3.33. The van der Waals surface area contributed by atoms with E-state index in [1.54, 1.807) is 22.8 Å². The van der Waals surface area contributed by atoms with Gasteiger partial charge in [0.2, 0.25) is 4.96 Å². The van der Waals surface area contributed by atoms with E-state index in [1.807, 2.05) is 36.4 Å². The fourth-order valence-corrected chi connectivity index (χ4v) is 4.29. The lowest BCUT2D eigenvalue weighted by Gasteiger charge is -2.07. The van der Waals surface area contributed by atoms with Gasteiger partial charge in [0.25, 0.3) is 0 Å². The van der Waals surface area contributed by atoms with Gasteiger partial charge in [-0.3, -0.25) is 0 Å². The van der Waals surface area contributed by atoms with E-state index in [9.17, 15) is 0 Å². The number of furan rings is 1. The van der Waals surface area contributed by atoms with E-state index in [0.717, 1.165) is 25.5 Å². The monoisotopic (exact) mass is 459 g/mol. The van der Waals surface area contributed by atoms with E-state index in [2.05, 4.69) is 26.0 Å². The van der Waals surface area contributed by atoms with Crippen molar-refractivity contribution in [1.82, 2.24) is 14.6 Å². The number of hydrogen-bond acceptors (Lipinski definition) is 5. The molecular formula is C19H11BrClN3O2S. The van der Waals surface area contributed by atoms with Crippen molar-refractivity contribution in [3.05, 3.63) is 69.2 Å². The molecule has 5 rings (SSSR count). The summed E-state index contributed by atoms with van der Waals surface area (Å²) in [4.78, 5) is 5.16. The predicted octanol–water partition coefficient (Wildman–Crippen LogP) is 6.20. The van der Waals surface area contributed by atoms with Gasteiger partial charge < -0.3 is 9.15 Å². The molecule has 0 aliphatic heterocycles. The van der Waals surface area contributed by atoms with Gasteiger partial charge in [-0.1, -0.05) is 53.3 Å². The molecule has 5 aromatic rings. The minimum Gasteiger partial charge on any atom is -0.488 e. The van der Waals surface area contributed by atoms with Crippen LogP contribution in [0.5, 0.6) is 5.75 Å². The molecule has 0 saturated heterocycles. The molecule has 3 heterocycles. The molecule has 2 aromatic carbocycles. The molecule has 3 aromatic heterocycles. The molecule has 0 saturated carbocycles. The van der Waals surface area contributed by atoms with Crippen LogP contribution in [0, 0.1) is 0 Å². The summed E-state index contributed by atoms with van der Waals surface area (Å²) < 4.78 is 14.6. The first-order valence-electron chi connectivity index (χ1n) is 8.07. The summed E-state index contributed by atoms with van der Waals surface area (Å²) in [7, 11) is 0. The predicted molar refractivity (Wildman–Crippen MR) is 110 cm³/mol. The Morgan fingerprint density at radius 2 is 2.04 bits per heavy atom. The number of aromatic nitrogens is 3. The molecule has 134 valence electrons. The van der Waals surface area contributed by atoms with Gasteiger partial charge in [-0.2, -0.15) is 4.52 Å². The number of fused-ring (bicyclic) bond motifs is 2. The Morgan fingerprint density at radius 3 is 2.89 bits per heavy atom. The van der Waals surface area contributed by atoms with E-state index < -0.39 is 0 Å². The van der Waals surface area contributed by atoms with E-state index in [0.29, 0.717) is 28.7 Å². The van der Waals surface area contributed by atoms with Gasteiger partial charge in [0, 0.05) is 11.1 Å². The molecule has 0 amide bonds. The highest BCUT2D eigenvalue weighted by molar-refractivity contribution is 9.11. The van der Waals surface area contributed by atoms with Crippen LogP contribution in [0.25, 0.3) is 27.4 Å². The van der Waals surface area contributed by atoms with Crippen molar-refractivity contribution in [2.45, 2.75) is 6.61 Å². The van der Waals surface area contributed by atoms with Crippen molar-refractivity contribution in [2.24, 2.45) is 0 Å². The topological polar surface area (TPSA) is 52.6 Å². The van der Waals surface area contributed by atoms with Gasteiger partial charge in [0.15, 0.2) is 9.68 Å². The van der Waals surface area contributed by atoms with Crippen LogP contribution >= 0.6 is 38.9 Å². The highest BCUT2D eigenvalue weighted by Crippen LogP contribution is 2.37. The minimum absolute atomic E-state index is 0.451. The molecule has 0 fully saturated rings. The van der Waals surface area contributed by atoms with E-state index in [4.69, 9.17) is 20.8 Å². The fourth-order valence-electron chi connectivity index (χ4n) is 2.89. The fraction of sp³-hybridized carbons (Fsp3) is 0.0526. The van der Waals surface area contributed by atoms with Crippen LogP contribution in [-0.2, 0) is 6.61 Å². The lowest BCUT2D eigenvalue weighted by atomic mass is 10.2. The number of nitrogens with zero attached hydrogens (tertiary/aromatic N) is 3. The van der Waals surface area contributed by atoms with Gasteiger partial charge >= 0.3 is 0 Å². The summed E-state index contributed by atoms with van der Waals surface area (Å²) in [6, 6.07) is 15.5. The maximum Gasteiger partial charge on any atom is 0.213 e. The third kappa shape index (κ3) is 3.12. The third-order valence-electron chi connectivity index (χ3n) is 4.11. The van der Waals surface area contributed by atoms with Crippen LogP contribution in [0.1, 0.15) is 5.56 Å². The molecule has 0 atom stereocenters. The maximum atomic E-state index is 6.26. The lowest BCUT2D eigenvalue weighted by Crippen LogP contribution is -1.95. The minimum atomic E-state index is 0.451. The van der Waals surface area contributed by atoms with Crippen LogP contribution in [-0.4, -0.2) is 14.6 Å². The van der Waals surface area contributed by atoms with E-state index in [1.165, 1.54) is 11.3 Å². The second kappa shape index (κ2) is 6.67. The number of ether oxygens (including phenoxy) is 1. The zero-order chi connectivity index (χ0) is 18.4.